The molecule has 2 fully saturated rings. The monoisotopic (exact) mass is 500 g/mol. The summed E-state index contributed by atoms with van der Waals surface area (Å²) in [7, 11) is 1.42. The number of nitrogens with two attached hydrogens (primary N) is 1. The molecule has 194 valence electrons. The Morgan fingerprint density at radius 2 is 2.00 bits per heavy atom. The lowest BCUT2D eigenvalue weighted by Crippen LogP contribution is -2.35. The van der Waals surface area contributed by atoms with Crippen LogP contribution in [0.1, 0.15) is 57.5 Å². The second-order valence-electron chi connectivity index (χ2n) is 9.21. The van der Waals surface area contributed by atoms with E-state index in [2.05, 4.69) is 32.1 Å². The number of anilines is 1. The van der Waals surface area contributed by atoms with Crippen LogP contribution >= 0.6 is 0 Å². The molecule has 2 aromatic rings. The molecular formula is C24H32N6O6. The van der Waals surface area contributed by atoms with E-state index in [4.69, 9.17) is 15.2 Å². The minimum atomic E-state index is -1.30. The maximum atomic E-state index is 11.9. The highest BCUT2D eigenvalue weighted by atomic mass is 16.6. The predicted molar refractivity (Wildman–Crippen MR) is 128 cm³/mol. The van der Waals surface area contributed by atoms with Crippen LogP contribution in [-0.4, -0.2) is 73.6 Å². The van der Waals surface area contributed by atoms with Crippen LogP contribution in [-0.2, 0) is 19.1 Å². The third-order valence-electron chi connectivity index (χ3n) is 6.79. The van der Waals surface area contributed by atoms with E-state index >= 15 is 0 Å². The fourth-order valence-corrected chi connectivity index (χ4v) is 4.80. The molecule has 1 amide bonds. The largest absolute Gasteiger partial charge is 0.469 e. The van der Waals surface area contributed by atoms with Crippen LogP contribution in [0.15, 0.2) is 6.33 Å². The van der Waals surface area contributed by atoms with Gasteiger partial charge in [0.05, 0.1) is 31.9 Å². The van der Waals surface area contributed by atoms with Gasteiger partial charge < -0.3 is 30.7 Å². The second kappa shape index (κ2) is 11.2. The van der Waals surface area contributed by atoms with Crippen molar-refractivity contribution in [3.8, 4) is 11.8 Å². The number of hydrogen-bond donors (Lipinski definition) is 4. The Kier molecular flexibility index (Phi) is 8.03. The van der Waals surface area contributed by atoms with Crippen molar-refractivity contribution in [1.29, 1.82) is 0 Å². The number of carbonyl (C=O) groups is 2. The average Bonchev–Trinajstić information content (AvgIpc) is 3.41. The van der Waals surface area contributed by atoms with Gasteiger partial charge in [-0.15, -0.1) is 0 Å². The lowest BCUT2D eigenvalue weighted by molar-refractivity contribution is -0.146. The molecule has 0 aromatic carbocycles. The standard InChI is InChI=1S/C24H32N6O6/c1-3-26-17(31)11-15-19(32)20(33)23(36-15)30-12-27-18-21(25)28-16(29-22(18)30)6-4-5-13-7-9-14(10-8-13)24(34)35-2/h12-15,19-20,23,32-33H,3,5,7-11H2,1-2H3,(H,26,31)(H2,25,28,29)/t13?,14?,15-,19?,20+,23-/m1/s1. The first-order chi connectivity index (χ1) is 17.3. The Balaban J connectivity index is 1.47. The van der Waals surface area contributed by atoms with Crippen LogP contribution in [0.25, 0.3) is 11.2 Å². The van der Waals surface area contributed by atoms with E-state index in [0.717, 1.165) is 25.7 Å². The maximum absolute atomic E-state index is 11.9. The lowest BCUT2D eigenvalue weighted by Gasteiger charge is -2.25. The molecule has 3 heterocycles. The number of aromatic nitrogens is 4. The van der Waals surface area contributed by atoms with Gasteiger partial charge in [-0.05, 0) is 44.4 Å². The zero-order valence-corrected chi connectivity index (χ0v) is 20.4. The average molecular weight is 501 g/mol. The summed E-state index contributed by atoms with van der Waals surface area (Å²) in [5.41, 5.74) is 6.71. The third kappa shape index (κ3) is 5.43. The Bertz CT molecular complexity index is 1170. The van der Waals surface area contributed by atoms with Crippen LogP contribution in [0.4, 0.5) is 5.82 Å². The zero-order chi connectivity index (χ0) is 25.8. The molecule has 36 heavy (non-hydrogen) atoms. The van der Waals surface area contributed by atoms with E-state index in [1.807, 2.05) is 0 Å². The van der Waals surface area contributed by atoms with Gasteiger partial charge in [-0.2, -0.15) is 0 Å². The molecule has 12 heteroatoms. The number of fused-ring (bicyclic) bond motifs is 1. The van der Waals surface area contributed by atoms with Crippen LogP contribution < -0.4 is 11.1 Å². The van der Waals surface area contributed by atoms with Gasteiger partial charge in [-0.1, -0.05) is 5.92 Å². The van der Waals surface area contributed by atoms with Gasteiger partial charge in [0.2, 0.25) is 11.7 Å². The first-order valence-electron chi connectivity index (χ1n) is 12.2. The van der Waals surface area contributed by atoms with Crippen molar-refractivity contribution < 1.29 is 29.3 Å². The van der Waals surface area contributed by atoms with Crippen molar-refractivity contribution >= 4 is 28.9 Å². The Labute approximate surface area is 208 Å². The molecule has 1 aliphatic carbocycles. The molecular weight excluding hydrogens is 468 g/mol. The number of hydrogen-bond acceptors (Lipinski definition) is 10. The summed E-state index contributed by atoms with van der Waals surface area (Å²) in [6, 6.07) is 0. The number of aliphatic hydroxyl groups excluding tert-OH is 2. The molecule has 5 N–H and O–H groups in total. The van der Waals surface area contributed by atoms with E-state index in [0.29, 0.717) is 30.0 Å². The molecule has 1 unspecified atom stereocenters. The molecule has 4 rings (SSSR count). The lowest BCUT2D eigenvalue weighted by atomic mass is 9.81. The molecule has 2 aromatic heterocycles. The van der Waals surface area contributed by atoms with Crippen molar-refractivity contribution in [2.45, 2.75) is 70.0 Å². The van der Waals surface area contributed by atoms with E-state index in [1.54, 1.807) is 6.92 Å². The molecule has 4 atom stereocenters. The van der Waals surface area contributed by atoms with Crippen LogP contribution in [0.5, 0.6) is 0 Å². The van der Waals surface area contributed by atoms with Gasteiger partial charge in [0.1, 0.15) is 17.7 Å². The van der Waals surface area contributed by atoms with E-state index < -0.39 is 24.5 Å². The molecule has 2 aliphatic rings. The van der Waals surface area contributed by atoms with Gasteiger partial charge in [0.15, 0.2) is 17.7 Å². The summed E-state index contributed by atoms with van der Waals surface area (Å²) in [6.07, 6.45) is 0.898. The number of esters is 1. The molecule has 0 spiro atoms. The zero-order valence-electron chi connectivity index (χ0n) is 20.4. The molecule has 1 aliphatic heterocycles. The molecule has 0 bridgehead atoms. The number of rotatable bonds is 6. The Morgan fingerprint density at radius 3 is 2.69 bits per heavy atom. The van der Waals surface area contributed by atoms with Crippen molar-refractivity contribution in [3.05, 3.63) is 12.2 Å². The number of nitrogen functional groups attached to an aromatic ring is 1. The summed E-state index contributed by atoms with van der Waals surface area (Å²) >= 11 is 0. The molecule has 1 saturated carbocycles. The van der Waals surface area contributed by atoms with Gasteiger partial charge in [0, 0.05) is 13.0 Å². The molecule has 12 nitrogen and oxygen atoms in total. The summed E-state index contributed by atoms with van der Waals surface area (Å²) in [5.74, 6) is 6.34. The summed E-state index contributed by atoms with van der Waals surface area (Å²) in [4.78, 5) is 36.6. The number of ether oxygens (including phenoxy) is 2. The number of carbonyl (C=O) groups excluding carboxylic acids is 2. The second-order valence-corrected chi connectivity index (χ2v) is 9.21. The van der Waals surface area contributed by atoms with E-state index in [-0.39, 0.29) is 35.9 Å². The SMILES string of the molecule is CCNC(=O)C[C@H]1O[C@@H](n2cnc3c(N)nc(C#CCC4CCC(C(=O)OC)CC4)nc32)[C@@H](O)C1O. The fourth-order valence-electron chi connectivity index (χ4n) is 4.80. The minimum absolute atomic E-state index is 0.0302. The Morgan fingerprint density at radius 1 is 1.25 bits per heavy atom. The minimum Gasteiger partial charge on any atom is -0.469 e. The van der Waals surface area contributed by atoms with Crippen LogP contribution in [0, 0.1) is 23.7 Å². The number of nitrogens with one attached hydrogen (secondary N) is 1. The van der Waals surface area contributed by atoms with Crippen molar-refractivity contribution in [3.63, 3.8) is 0 Å². The summed E-state index contributed by atoms with van der Waals surface area (Å²) < 4.78 is 12.1. The highest BCUT2D eigenvalue weighted by Crippen LogP contribution is 2.34. The maximum Gasteiger partial charge on any atom is 0.308 e. The Hall–Kier alpha value is -3.27. The highest BCUT2D eigenvalue weighted by Gasteiger charge is 2.45. The van der Waals surface area contributed by atoms with Crippen LogP contribution in [0.3, 0.4) is 0 Å². The smallest absolute Gasteiger partial charge is 0.308 e. The number of amides is 1. The third-order valence-corrected chi connectivity index (χ3v) is 6.79. The van der Waals surface area contributed by atoms with Crippen molar-refractivity contribution in [2.75, 3.05) is 19.4 Å². The summed E-state index contributed by atoms with van der Waals surface area (Å²) in [6.45, 7) is 2.24. The number of nitrogens with zero attached hydrogens (tertiary/aromatic N) is 4. The van der Waals surface area contributed by atoms with Gasteiger partial charge >= 0.3 is 5.97 Å². The van der Waals surface area contributed by atoms with E-state index in [1.165, 1.54) is 18.0 Å². The van der Waals surface area contributed by atoms with Crippen molar-refractivity contribution in [2.24, 2.45) is 11.8 Å². The first kappa shape index (κ1) is 25.8. The molecule has 0 radical (unpaired) electrons. The first-order valence-corrected chi connectivity index (χ1v) is 12.2. The van der Waals surface area contributed by atoms with Gasteiger partial charge in [-0.3, -0.25) is 14.2 Å². The number of imidazole rings is 1. The normalized spacial score (nSPS) is 27.9. The van der Waals surface area contributed by atoms with Gasteiger partial charge in [0.25, 0.3) is 0 Å². The molecule has 1 saturated heterocycles. The van der Waals surface area contributed by atoms with E-state index in [9.17, 15) is 19.8 Å². The summed E-state index contributed by atoms with van der Waals surface area (Å²) in [5, 5.41) is 23.7. The fraction of sp³-hybridized carbons (Fsp3) is 0.625. The topological polar surface area (TPSA) is 175 Å². The number of aliphatic hydroxyl groups is 2. The van der Waals surface area contributed by atoms with Gasteiger partial charge in [-0.25, -0.2) is 15.0 Å². The highest BCUT2D eigenvalue weighted by molar-refractivity contribution is 5.82. The quantitative estimate of drug-likeness (QED) is 0.318. The number of methoxy groups -OCH3 is 1. The predicted octanol–water partition coefficient (Wildman–Crippen LogP) is 0.275. The van der Waals surface area contributed by atoms with Crippen LogP contribution in [0.2, 0.25) is 0 Å². The van der Waals surface area contributed by atoms with Crippen molar-refractivity contribution in [1.82, 2.24) is 24.8 Å².